The van der Waals surface area contributed by atoms with Gasteiger partial charge in [-0.2, -0.15) is 0 Å². The van der Waals surface area contributed by atoms with Crippen molar-refractivity contribution in [2.45, 2.75) is 45.3 Å². The predicted octanol–water partition coefficient (Wildman–Crippen LogP) is 2.63. The van der Waals surface area contributed by atoms with Crippen molar-refractivity contribution < 1.29 is 14.3 Å². The van der Waals surface area contributed by atoms with Gasteiger partial charge in [0.15, 0.2) is 0 Å². The first-order valence-electron chi connectivity index (χ1n) is 7.44. The molecule has 0 spiro atoms. The van der Waals surface area contributed by atoms with Crippen molar-refractivity contribution >= 4 is 6.03 Å². The molecule has 1 N–H and O–H groups in total. The Labute approximate surface area is 120 Å². The average Bonchev–Trinajstić information content (AvgIpc) is 3.11. The van der Waals surface area contributed by atoms with Crippen LogP contribution in [0.15, 0.2) is 22.8 Å². The number of likely N-dealkylation sites (tertiary alicyclic amines) is 1. The first-order chi connectivity index (χ1) is 9.67. The van der Waals surface area contributed by atoms with E-state index in [0.29, 0.717) is 12.2 Å². The molecular formula is C15H24N2O3. The van der Waals surface area contributed by atoms with Gasteiger partial charge in [-0.25, -0.2) is 4.79 Å². The number of carbonyl (C=O) groups excluding carboxylic acids is 1. The van der Waals surface area contributed by atoms with Crippen LogP contribution in [-0.4, -0.2) is 46.6 Å². The van der Waals surface area contributed by atoms with Gasteiger partial charge in [-0.1, -0.05) is 0 Å². The maximum absolute atomic E-state index is 12.4. The molecule has 1 aromatic heterocycles. The Kier molecular flexibility index (Phi) is 5.06. The first kappa shape index (κ1) is 14.9. The number of amides is 2. The summed E-state index contributed by atoms with van der Waals surface area (Å²) in [5.41, 5.74) is 0. The van der Waals surface area contributed by atoms with Gasteiger partial charge in [0, 0.05) is 32.1 Å². The van der Waals surface area contributed by atoms with Crippen LogP contribution >= 0.6 is 0 Å². The molecule has 1 aromatic rings. The van der Waals surface area contributed by atoms with Crippen LogP contribution in [0.1, 0.15) is 45.0 Å². The highest BCUT2D eigenvalue weighted by atomic mass is 16.4. The summed E-state index contributed by atoms with van der Waals surface area (Å²) in [6.45, 7) is 6.21. The zero-order valence-electron chi connectivity index (χ0n) is 12.3. The molecule has 0 saturated carbocycles. The molecule has 2 heterocycles. The molecule has 0 aliphatic carbocycles. The van der Waals surface area contributed by atoms with E-state index in [-0.39, 0.29) is 12.1 Å². The standard InChI is InChI=1S/C15H24N2O3/c1-3-16(4-2)15(19)17-9-5-7-12(17)11-13(18)14-8-6-10-20-14/h6,8,10,12-13,18H,3-5,7,9,11H2,1-2H3/t12-,13+/m1/s1. The lowest BCUT2D eigenvalue weighted by Gasteiger charge is -2.31. The fourth-order valence-corrected chi connectivity index (χ4v) is 2.86. The van der Waals surface area contributed by atoms with Crippen molar-refractivity contribution in [3.05, 3.63) is 24.2 Å². The van der Waals surface area contributed by atoms with Gasteiger partial charge in [-0.3, -0.25) is 0 Å². The summed E-state index contributed by atoms with van der Waals surface area (Å²) in [6.07, 6.45) is 3.42. The van der Waals surface area contributed by atoms with Gasteiger partial charge in [-0.05, 0) is 38.8 Å². The second kappa shape index (κ2) is 6.79. The van der Waals surface area contributed by atoms with Gasteiger partial charge in [0.1, 0.15) is 11.9 Å². The summed E-state index contributed by atoms with van der Waals surface area (Å²) >= 11 is 0. The minimum absolute atomic E-state index is 0.0872. The smallest absolute Gasteiger partial charge is 0.320 e. The lowest BCUT2D eigenvalue weighted by Crippen LogP contribution is -2.45. The molecule has 0 unspecified atom stereocenters. The van der Waals surface area contributed by atoms with Crippen LogP contribution in [0, 0.1) is 0 Å². The molecule has 0 bridgehead atoms. The number of aliphatic hydroxyl groups is 1. The Morgan fingerprint density at radius 2 is 2.30 bits per heavy atom. The largest absolute Gasteiger partial charge is 0.467 e. The number of furan rings is 1. The van der Waals surface area contributed by atoms with Crippen LogP contribution in [0.25, 0.3) is 0 Å². The molecule has 0 aromatic carbocycles. The summed E-state index contributed by atoms with van der Waals surface area (Å²) in [4.78, 5) is 16.2. The minimum atomic E-state index is -0.639. The zero-order chi connectivity index (χ0) is 14.5. The number of nitrogens with zero attached hydrogens (tertiary/aromatic N) is 2. The van der Waals surface area contributed by atoms with Crippen LogP contribution in [0.2, 0.25) is 0 Å². The highest BCUT2D eigenvalue weighted by Gasteiger charge is 2.32. The normalized spacial score (nSPS) is 20.1. The van der Waals surface area contributed by atoms with E-state index in [9.17, 15) is 9.90 Å². The Balaban J connectivity index is 1.98. The number of rotatable bonds is 5. The van der Waals surface area contributed by atoms with Gasteiger partial charge in [0.05, 0.1) is 6.26 Å². The number of urea groups is 1. The predicted molar refractivity (Wildman–Crippen MR) is 76.3 cm³/mol. The lowest BCUT2D eigenvalue weighted by molar-refractivity contribution is 0.0988. The Morgan fingerprint density at radius 3 is 2.90 bits per heavy atom. The van der Waals surface area contributed by atoms with E-state index in [1.165, 1.54) is 0 Å². The van der Waals surface area contributed by atoms with E-state index in [4.69, 9.17) is 4.42 Å². The van der Waals surface area contributed by atoms with Crippen LogP contribution in [0.5, 0.6) is 0 Å². The summed E-state index contributed by atoms with van der Waals surface area (Å²) in [5, 5.41) is 10.2. The molecule has 1 saturated heterocycles. The molecule has 1 aliphatic rings. The van der Waals surface area contributed by atoms with E-state index < -0.39 is 6.10 Å². The molecule has 112 valence electrons. The Bertz CT molecular complexity index is 415. The van der Waals surface area contributed by atoms with Gasteiger partial charge in [0.2, 0.25) is 0 Å². The van der Waals surface area contributed by atoms with Crippen LogP contribution in [0.4, 0.5) is 4.79 Å². The maximum atomic E-state index is 12.4. The number of hydrogen-bond donors (Lipinski definition) is 1. The van der Waals surface area contributed by atoms with E-state index in [1.807, 2.05) is 23.6 Å². The first-order valence-corrected chi connectivity index (χ1v) is 7.44. The quantitative estimate of drug-likeness (QED) is 0.902. The van der Waals surface area contributed by atoms with Crippen LogP contribution < -0.4 is 0 Å². The monoisotopic (exact) mass is 280 g/mol. The summed E-state index contributed by atoms with van der Waals surface area (Å²) < 4.78 is 5.23. The molecule has 5 nitrogen and oxygen atoms in total. The van der Waals surface area contributed by atoms with Gasteiger partial charge in [-0.15, -0.1) is 0 Å². The van der Waals surface area contributed by atoms with Crippen molar-refractivity contribution in [2.75, 3.05) is 19.6 Å². The summed E-state index contributed by atoms with van der Waals surface area (Å²) in [6, 6.07) is 3.73. The van der Waals surface area contributed by atoms with E-state index in [1.54, 1.807) is 18.4 Å². The van der Waals surface area contributed by atoms with Gasteiger partial charge >= 0.3 is 6.03 Å². The average molecular weight is 280 g/mol. The van der Waals surface area contributed by atoms with Gasteiger partial charge < -0.3 is 19.3 Å². The number of aliphatic hydroxyl groups excluding tert-OH is 1. The third-order valence-corrected chi connectivity index (χ3v) is 4.02. The van der Waals surface area contributed by atoms with Crippen molar-refractivity contribution in [1.29, 1.82) is 0 Å². The SMILES string of the molecule is CCN(CC)C(=O)N1CCC[C@@H]1C[C@H](O)c1ccco1. The minimum Gasteiger partial charge on any atom is -0.467 e. The third kappa shape index (κ3) is 3.15. The summed E-state index contributed by atoms with van der Waals surface area (Å²) in [7, 11) is 0. The van der Waals surface area contributed by atoms with Crippen molar-refractivity contribution in [3.63, 3.8) is 0 Å². The number of hydrogen-bond acceptors (Lipinski definition) is 3. The fourth-order valence-electron chi connectivity index (χ4n) is 2.86. The molecule has 2 atom stereocenters. The Morgan fingerprint density at radius 1 is 1.55 bits per heavy atom. The molecule has 2 rings (SSSR count). The topological polar surface area (TPSA) is 56.9 Å². The lowest BCUT2D eigenvalue weighted by atomic mass is 10.1. The molecule has 20 heavy (non-hydrogen) atoms. The highest BCUT2D eigenvalue weighted by Crippen LogP contribution is 2.28. The third-order valence-electron chi connectivity index (χ3n) is 4.02. The van der Waals surface area contributed by atoms with E-state index in [2.05, 4.69) is 0 Å². The Hall–Kier alpha value is -1.49. The molecule has 1 aliphatic heterocycles. The van der Waals surface area contributed by atoms with Crippen molar-refractivity contribution in [1.82, 2.24) is 9.80 Å². The van der Waals surface area contributed by atoms with E-state index >= 15 is 0 Å². The number of carbonyl (C=O) groups is 1. The van der Waals surface area contributed by atoms with E-state index in [0.717, 1.165) is 32.5 Å². The molecule has 2 amide bonds. The van der Waals surface area contributed by atoms with Crippen LogP contribution in [0.3, 0.4) is 0 Å². The second-order valence-corrected chi connectivity index (χ2v) is 5.21. The second-order valence-electron chi connectivity index (χ2n) is 5.21. The zero-order valence-corrected chi connectivity index (χ0v) is 12.3. The molecule has 0 radical (unpaired) electrons. The molecular weight excluding hydrogens is 256 g/mol. The van der Waals surface area contributed by atoms with Crippen LogP contribution in [-0.2, 0) is 0 Å². The maximum Gasteiger partial charge on any atom is 0.320 e. The van der Waals surface area contributed by atoms with Crippen molar-refractivity contribution in [3.8, 4) is 0 Å². The fraction of sp³-hybridized carbons (Fsp3) is 0.667. The highest BCUT2D eigenvalue weighted by molar-refractivity contribution is 5.75. The van der Waals surface area contributed by atoms with Gasteiger partial charge in [0.25, 0.3) is 0 Å². The summed E-state index contributed by atoms with van der Waals surface area (Å²) in [5.74, 6) is 0.576. The molecule has 1 fully saturated rings. The molecule has 5 heteroatoms. The van der Waals surface area contributed by atoms with Crippen molar-refractivity contribution in [2.24, 2.45) is 0 Å².